The largest absolute Gasteiger partial charge is 0.497 e. The lowest BCUT2D eigenvalue weighted by molar-refractivity contribution is -0.113. The van der Waals surface area contributed by atoms with Gasteiger partial charge >= 0.3 is 0 Å². The van der Waals surface area contributed by atoms with Crippen molar-refractivity contribution in [1.82, 2.24) is 0 Å². The minimum absolute atomic E-state index is 0.187. The average Bonchev–Trinajstić information content (AvgIpc) is 3.11. The van der Waals surface area contributed by atoms with E-state index in [9.17, 15) is 4.79 Å². The standard InChI is InChI=1S/C24H20N2O3/c1-28-20-13-11-17(12-14-20)15-22-24(27)26(19-9-6-10-21(16-19)29-2)23(25-22)18-7-4-3-5-8-18/h3-16H,1-2H3/b22-15+. The van der Waals surface area contributed by atoms with Crippen LogP contribution in [0, 0.1) is 0 Å². The monoisotopic (exact) mass is 384 g/mol. The first-order valence-corrected chi connectivity index (χ1v) is 9.18. The Morgan fingerprint density at radius 3 is 2.24 bits per heavy atom. The van der Waals surface area contributed by atoms with Crippen LogP contribution in [0.3, 0.4) is 0 Å². The normalized spacial score (nSPS) is 14.8. The molecule has 1 aliphatic heterocycles. The van der Waals surface area contributed by atoms with Crippen LogP contribution in [0.2, 0.25) is 0 Å². The molecular weight excluding hydrogens is 364 g/mol. The summed E-state index contributed by atoms with van der Waals surface area (Å²) < 4.78 is 10.5. The predicted molar refractivity (Wildman–Crippen MR) is 114 cm³/mol. The highest BCUT2D eigenvalue weighted by molar-refractivity contribution is 6.33. The number of amidine groups is 1. The van der Waals surface area contributed by atoms with E-state index in [1.807, 2.05) is 78.9 Å². The van der Waals surface area contributed by atoms with Gasteiger partial charge in [-0.25, -0.2) is 4.99 Å². The second-order valence-corrected chi connectivity index (χ2v) is 6.45. The molecular formula is C24H20N2O3. The molecule has 0 saturated carbocycles. The number of benzene rings is 3. The van der Waals surface area contributed by atoms with Crippen LogP contribution in [0.15, 0.2) is 89.6 Å². The topological polar surface area (TPSA) is 51.1 Å². The molecule has 5 nitrogen and oxygen atoms in total. The molecule has 3 aromatic rings. The summed E-state index contributed by atoms with van der Waals surface area (Å²) in [5.41, 5.74) is 2.81. The Morgan fingerprint density at radius 1 is 0.828 bits per heavy atom. The molecule has 0 aliphatic carbocycles. The molecule has 0 spiro atoms. The summed E-state index contributed by atoms with van der Waals surface area (Å²) in [4.78, 5) is 19.6. The molecule has 0 N–H and O–H groups in total. The fraction of sp³-hybridized carbons (Fsp3) is 0.0833. The van der Waals surface area contributed by atoms with Gasteiger partial charge in [0, 0.05) is 11.6 Å². The van der Waals surface area contributed by atoms with Crippen molar-refractivity contribution in [2.45, 2.75) is 0 Å². The van der Waals surface area contributed by atoms with Gasteiger partial charge in [0.05, 0.1) is 19.9 Å². The van der Waals surface area contributed by atoms with Gasteiger partial charge in [0.25, 0.3) is 5.91 Å². The highest BCUT2D eigenvalue weighted by atomic mass is 16.5. The Morgan fingerprint density at radius 2 is 1.55 bits per heavy atom. The number of carbonyl (C=O) groups is 1. The summed E-state index contributed by atoms with van der Waals surface area (Å²) in [5, 5.41) is 0. The van der Waals surface area contributed by atoms with Gasteiger partial charge in [-0.15, -0.1) is 0 Å². The Kier molecular flexibility index (Phi) is 5.12. The van der Waals surface area contributed by atoms with E-state index in [1.165, 1.54) is 0 Å². The van der Waals surface area contributed by atoms with Gasteiger partial charge in [-0.05, 0) is 35.9 Å². The van der Waals surface area contributed by atoms with Crippen LogP contribution in [0.4, 0.5) is 5.69 Å². The maximum atomic E-state index is 13.3. The molecule has 0 atom stereocenters. The van der Waals surface area contributed by atoms with Crippen molar-refractivity contribution in [2.24, 2.45) is 4.99 Å². The van der Waals surface area contributed by atoms with E-state index in [0.717, 1.165) is 16.9 Å². The van der Waals surface area contributed by atoms with Crippen LogP contribution in [0.1, 0.15) is 11.1 Å². The Hall–Kier alpha value is -3.86. The number of hydrogen-bond donors (Lipinski definition) is 0. The van der Waals surface area contributed by atoms with Gasteiger partial charge in [-0.1, -0.05) is 48.5 Å². The third kappa shape index (κ3) is 3.75. The molecule has 0 aromatic heterocycles. The number of methoxy groups -OCH3 is 2. The lowest BCUT2D eigenvalue weighted by atomic mass is 10.1. The SMILES string of the molecule is COc1ccc(/C=C2/N=C(c3ccccc3)N(c3cccc(OC)c3)C2=O)cc1. The van der Waals surface area contributed by atoms with E-state index >= 15 is 0 Å². The molecule has 144 valence electrons. The van der Waals surface area contributed by atoms with Crippen molar-refractivity contribution in [1.29, 1.82) is 0 Å². The third-order valence-corrected chi connectivity index (χ3v) is 4.62. The fourth-order valence-electron chi connectivity index (χ4n) is 3.14. The summed E-state index contributed by atoms with van der Waals surface area (Å²) in [6.45, 7) is 0. The number of rotatable bonds is 5. The molecule has 0 unspecified atom stereocenters. The number of amides is 1. The number of hydrogen-bond acceptors (Lipinski definition) is 4. The minimum Gasteiger partial charge on any atom is -0.497 e. The van der Waals surface area contributed by atoms with Crippen LogP contribution < -0.4 is 14.4 Å². The lowest BCUT2D eigenvalue weighted by Gasteiger charge is -2.19. The molecule has 3 aromatic carbocycles. The van der Waals surface area contributed by atoms with Gasteiger partial charge < -0.3 is 9.47 Å². The molecule has 1 heterocycles. The number of aliphatic imine (C=N–C) groups is 1. The lowest BCUT2D eigenvalue weighted by Crippen LogP contribution is -2.32. The molecule has 5 heteroatoms. The Balaban J connectivity index is 1.79. The van der Waals surface area contributed by atoms with E-state index in [-0.39, 0.29) is 5.91 Å². The maximum Gasteiger partial charge on any atom is 0.282 e. The highest BCUT2D eigenvalue weighted by Crippen LogP contribution is 2.30. The van der Waals surface area contributed by atoms with E-state index in [1.54, 1.807) is 25.2 Å². The second-order valence-electron chi connectivity index (χ2n) is 6.45. The van der Waals surface area contributed by atoms with E-state index in [0.29, 0.717) is 23.0 Å². The van der Waals surface area contributed by atoms with Crippen molar-refractivity contribution >= 4 is 23.5 Å². The van der Waals surface area contributed by atoms with Crippen LogP contribution in [-0.2, 0) is 4.79 Å². The second kappa shape index (κ2) is 8.02. The van der Waals surface area contributed by atoms with Crippen molar-refractivity contribution < 1.29 is 14.3 Å². The fourth-order valence-corrected chi connectivity index (χ4v) is 3.14. The van der Waals surface area contributed by atoms with E-state index in [2.05, 4.69) is 4.99 Å². The number of carbonyl (C=O) groups excluding carboxylic acids is 1. The molecule has 1 amide bonds. The highest BCUT2D eigenvalue weighted by Gasteiger charge is 2.32. The first kappa shape index (κ1) is 18.5. The number of anilines is 1. The van der Waals surface area contributed by atoms with Crippen molar-refractivity contribution in [2.75, 3.05) is 19.1 Å². The van der Waals surface area contributed by atoms with Crippen LogP contribution >= 0.6 is 0 Å². The number of ether oxygens (including phenoxy) is 2. The third-order valence-electron chi connectivity index (χ3n) is 4.62. The van der Waals surface area contributed by atoms with Crippen LogP contribution in [0.25, 0.3) is 6.08 Å². The van der Waals surface area contributed by atoms with Gasteiger partial charge in [0.15, 0.2) is 0 Å². The van der Waals surface area contributed by atoms with Gasteiger partial charge in [0.2, 0.25) is 0 Å². The zero-order chi connectivity index (χ0) is 20.2. The summed E-state index contributed by atoms with van der Waals surface area (Å²) in [5.74, 6) is 1.84. The van der Waals surface area contributed by atoms with Crippen LogP contribution in [0.5, 0.6) is 11.5 Å². The zero-order valence-corrected chi connectivity index (χ0v) is 16.2. The smallest absolute Gasteiger partial charge is 0.282 e. The van der Waals surface area contributed by atoms with Crippen LogP contribution in [-0.4, -0.2) is 26.0 Å². The molecule has 1 aliphatic rings. The Labute approximate surface area is 169 Å². The molecule has 29 heavy (non-hydrogen) atoms. The maximum absolute atomic E-state index is 13.3. The first-order valence-electron chi connectivity index (χ1n) is 9.18. The summed E-state index contributed by atoms with van der Waals surface area (Å²) >= 11 is 0. The summed E-state index contributed by atoms with van der Waals surface area (Å²) in [6.07, 6.45) is 1.78. The quantitative estimate of drug-likeness (QED) is 0.607. The zero-order valence-electron chi connectivity index (χ0n) is 16.2. The van der Waals surface area contributed by atoms with Crippen molar-refractivity contribution in [3.8, 4) is 11.5 Å². The van der Waals surface area contributed by atoms with E-state index < -0.39 is 0 Å². The Bertz CT molecular complexity index is 1090. The minimum atomic E-state index is -0.187. The molecule has 0 radical (unpaired) electrons. The summed E-state index contributed by atoms with van der Waals surface area (Å²) in [6, 6.07) is 24.6. The van der Waals surface area contributed by atoms with Gasteiger partial charge in [-0.2, -0.15) is 0 Å². The van der Waals surface area contributed by atoms with Gasteiger partial charge in [-0.3, -0.25) is 9.69 Å². The average molecular weight is 384 g/mol. The van der Waals surface area contributed by atoms with Crippen molar-refractivity contribution in [3.63, 3.8) is 0 Å². The summed E-state index contributed by atoms with van der Waals surface area (Å²) in [7, 11) is 3.22. The predicted octanol–water partition coefficient (Wildman–Crippen LogP) is 4.54. The van der Waals surface area contributed by atoms with E-state index in [4.69, 9.17) is 9.47 Å². The number of nitrogens with zero attached hydrogens (tertiary/aromatic N) is 2. The molecule has 4 rings (SSSR count). The van der Waals surface area contributed by atoms with Gasteiger partial charge in [0.1, 0.15) is 23.0 Å². The molecule has 0 saturated heterocycles. The van der Waals surface area contributed by atoms with Crippen molar-refractivity contribution in [3.05, 3.63) is 95.7 Å². The first-order chi connectivity index (χ1) is 14.2. The molecule has 0 bridgehead atoms. The molecule has 0 fully saturated rings.